The maximum atomic E-state index is 12.9. The number of nitrogens with one attached hydrogen (secondary N) is 1. The molecule has 0 unspecified atom stereocenters. The summed E-state index contributed by atoms with van der Waals surface area (Å²) in [5.74, 6) is -0.0142. The molecular formula is C24H21N3O. The number of carbonyl (C=O) groups is 1. The zero-order valence-electron chi connectivity index (χ0n) is 15.5. The molecule has 0 bridgehead atoms. The van der Waals surface area contributed by atoms with Crippen LogP contribution in [-0.4, -0.2) is 14.9 Å². The van der Waals surface area contributed by atoms with Crippen LogP contribution in [0.25, 0.3) is 22.2 Å². The fraction of sp³-hybridized carbons (Fsp3) is 0.0833. The maximum absolute atomic E-state index is 12.9. The molecule has 0 aliphatic rings. The Balaban J connectivity index is 1.65. The number of fused-ring (bicyclic) bond motifs is 1. The second-order valence-electron chi connectivity index (χ2n) is 6.66. The normalized spacial score (nSPS) is 10.9. The van der Waals surface area contributed by atoms with Gasteiger partial charge in [-0.25, -0.2) is 0 Å². The van der Waals surface area contributed by atoms with Gasteiger partial charge in [0.1, 0.15) is 0 Å². The summed E-state index contributed by atoms with van der Waals surface area (Å²) in [7, 11) is 0. The van der Waals surface area contributed by atoms with Crippen LogP contribution in [0.2, 0.25) is 0 Å². The fourth-order valence-corrected chi connectivity index (χ4v) is 3.48. The Morgan fingerprint density at radius 1 is 0.821 bits per heavy atom. The number of Topliss-reactive ketones (excluding diaryl/α,β-unsaturated/α-hetero) is 1. The van der Waals surface area contributed by atoms with Crippen LogP contribution >= 0.6 is 0 Å². The largest absolute Gasteiger partial charge is 0.307 e. The van der Waals surface area contributed by atoms with Gasteiger partial charge in [-0.05, 0) is 23.3 Å². The van der Waals surface area contributed by atoms with Crippen molar-refractivity contribution in [1.29, 1.82) is 5.41 Å². The Hall–Kier alpha value is -3.66. The number of carbonyl (C=O) groups excluding carboxylic acids is 1. The van der Waals surface area contributed by atoms with Crippen molar-refractivity contribution in [2.75, 3.05) is 0 Å². The van der Waals surface area contributed by atoms with Crippen LogP contribution in [0.1, 0.15) is 10.4 Å². The molecule has 3 aromatic carbocycles. The Morgan fingerprint density at radius 3 is 2.04 bits per heavy atom. The van der Waals surface area contributed by atoms with Gasteiger partial charge in [0.25, 0.3) is 0 Å². The molecule has 0 spiro atoms. The van der Waals surface area contributed by atoms with E-state index < -0.39 is 0 Å². The van der Waals surface area contributed by atoms with Crippen LogP contribution in [0.5, 0.6) is 0 Å². The Kier molecular flexibility index (Phi) is 4.77. The van der Waals surface area contributed by atoms with Crippen LogP contribution in [0.3, 0.4) is 0 Å². The highest BCUT2D eigenvalue weighted by atomic mass is 16.1. The van der Waals surface area contributed by atoms with E-state index in [2.05, 4.69) is 6.58 Å². The number of hydrogen-bond acceptors (Lipinski definition) is 2. The molecule has 0 saturated heterocycles. The number of hydrogen-bond donors (Lipinski definition) is 1. The summed E-state index contributed by atoms with van der Waals surface area (Å²) in [6.45, 7) is 4.44. The van der Waals surface area contributed by atoms with Crippen molar-refractivity contribution in [3.63, 3.8) is 0 Å². The van der Waals surface area contributed by atoms with Crippen molar-refractivity contribution < 1.29 is 4.79 Å². The van der Waals surface area contributed by atoms with E-state index in [9.17, 15) is 4.79 Å². The van der Waals surface area contributed by atoms with Gasteiger partial charge in [-0.1, -0.05) is 72.8 Å². The maximum Gasteiger partial charge on any atom is 0.203 e. The second-order valence-corrected chi connectivity index (χ2v) is 6.66. The summed E-state index contributed by atoms with van der Waals surface area (Å²) in [5, 5.41) is 8.51. The van der Waals surface area contributed by atoms with Crippen molar-refractivity contribution >= 4 is 16.8 Å². The third-order valence-electron chi connectivity index (χ3n) is 4.90. The number of para-hydroxylation sites is 2. The monoisotopic (exact) mass is 367 g/mol. The number of benzene rings is 3. The SMILES string of the molecule is C=CCn1c(=N)n(CC(=O)c2ccc(-c3ccccc3)cc2)c2ccccc21. The van der Waals surface area contributed by atoms with Gasteiger partial charge in [-0.3, -0.25) is 10.2 Å². The smallest absolute Gasteiger partial charge is 0.203 e. The van der Waals surface area contributed by atoms with Crippen LogP contribution < -0.4 is 5.62 Å². The van der Waals surface area contributed by atoms with E-state index in [4.69, 9.17) is 5.41 Å². The van der Waals surface area contributed by atoms with E-state index >= 15 is 0 Å². The summed E-state index contributed by atoms with van der Waals surface area (Å²) in [6, 6.07) is 25.5. The van der Waals surface area contributed by atoms with Crippen LogP contribution in [0.15, 0.2) is 91.5 Å². The van der Waals surface area contributed by atoms with Crippen molar-refractivity contribution in [1.82, 2.24) is 9.13 Å². The number of imidazole rings is 1. The molecule has 1 aromatic heterocycles. The zero-order chi connectivity index (χ0) is 19.5. The van der Waals surface area contributed by atoms with Gasteiger partial charge in [-0.2, -0.15) is 0 Å². The molecule has 0 amide bonds. The van der Waals surface area contributed by atoms with E-state index in [1.54, 1.807) is 10.6 Å². The molecule has 0 aliphatic heterocycles. The summed E-state index contributed by atoms with van der Waals surface area (Å²) < 4.78 is 3.61. The lowest BCUT2D eigenvalue weighted by atomic mass is 10.0. The molecule has 4 rings (SSSR count). The van der Waals surface area contributed by atoms with Crippen LogP contribution in [-0.2, 0) is 13.1 Å². The molecule has 4 aromatic rings. The Labute approximate surface area is 163 Å². The van der Waals surface area contributed by atoms with Crippen LogP contribution in [0.4, 0.5) is 0 Å². The summed E-state index contributed by atoms with van der Waals surface area (Å²) in [6.07, 6.45) is 1.76. The third-order valence-corrected chi connectivity index (χ3v) is 4.90. The lowest BCUT2D eigenvalue weighted by molar-refractivity contribution is 0.0971. The van der Waals surface area contributed by atoms with Gasteiger partial charge in [0.15, 0.2) is 5.78 Å². The lowest BCUT2D eigenvalue weighted by Gasteiger charge is -2.06. The standard InChI is InChI=1S/C24H21N3O/c1-2-16-26-21-10-6-7-11-22(21)27(24(26)25)17-23(28)20-14-12-19(13-15-20)18-8-4-3-5-9-18/h2-15,25H,1,16-17H2. The number of ketones is 1. The van der Waals surface area contributed by atoms with E-state index in [0.717, 1.165) is 22.2 Å². The van der Waals surface area contributed by atoms with E-state index in [0.29, 0.717) is 17.7 Å². The fourth-order valence-electron chi connectivity index (χ4n) is 3.48. The summed E-state index contributed by atoms with van der Waals surface area (Å²) in [4.78, 5) is 12.9. The number of rotatable bonds is 6. The molecule has 0 saturated carbocycles. The first kappa shape index (κ1) is 17.7. The van der Waals surface area contributed by atoms with E-state index in [1.807, 2.05) is 83.4 Å². The summed E-state index contributed by atoms with van der Waals surface area (Å²) in [5.41, 5.74) is 4.95. The minimum absolute atomic E-state index is 0.0142. The van der Waals surface area contributed by atoms with Crippen molar-refractivity contribution in [3.05, 3.63) is 103 Å². The van der Waals surface area contributed by atoms with E-state index in [-0.39, 0.29) is 12.3 Å². The molecule has 1 N–H and O–H groups in total. The molecule has 1 heterocycles. The first-order valence-corrected chi connectivity index (χ1v) is 9.21. The van der Waals surface area contributed by atoms with Gasteiger partial charge in [0.2, 0.25) is 5.62 Å². The minimum Gasteiger partial charge on any atom is -0.307 e. The quantitative estimate of drug-likeness (QED) is 0.391. The van der Waals surface area contributed by atoms with Gasteiger partial charge < -0.3 is 9.13 Å². The number of aromatic nitrogens is 2. The molecule has 4 heteroatoms. The molecule has 138 valence electrons. The highest BCUT2D eigenvalue weighted by Gasteiger charge is 2.14. The molecular weight excluding hydrogens is 346 g/mol. The van der Waals surface area contributed by atoms with Crippen LogP contribution in [0, 0.1) is 5.41 Å². The molecule has 0 radical (unpaired) electrons. The first-order chi connectivity index (χ1) is 13.7. The average molecular weight is 367 g/mol. The minimum atomic E-state index is -0.0142. The molecule has 0 fully saturated rings. The second kappa shape index (κ2) is 7.53. The summed E-state index contributed by atoms with van der Waals surface area (Å²) >= 11 is 0. The van der Waals surface area contributed by atoms with Gasteiger partial charge in [-0.15, -0.1) is 6.58 Å². The van der Waals surface area contributed by atoms with Gasteiger partial charge >= 0.3 is 0 Å². The molecule has 28 heavy (non-hydrogen) atoms. The number of allylic oxidation sites excluding steroid dienone is 1. The Bertz CT molecular complexity index is 1200. The average Bonchev–Trinajstić information content (AvgIpc) is 3.01. The predicted octanol–water partition coefficient (Wildman–Crippen LogP) is 4.66. The molecule has 0 aliphatic carbocycles. The lowest BCUT2D eigenvalue weighted by Crippen LogP contribution is -2.27. The highest BCUT2D eigenvalue weighted by Crippen LogP contribution is 2.20. The Morgan fingerprint density at radius 2 is 1.39 bits per heavy atom. The zero-order valence-corrected chi connectivity index (χ0v) is 15.5. The number of nitrogens with zero attached hydrogens (tertiary/aromatic N) is 2. The first-order valence-electron chi connectivity index (χ1n) is 9.21. The molecule has 0 atom stereocenters. The van der Waals surface area contributed by atoms with Crippen molar-refractivity contribution in [3.8, 4) is 11.1 Å². The van der Waals surface area contributed by atoms with E-state index in [1.165, 1.54) is 0 Å². The third kappa shape index (κ3) is 3.21. The van der Waals surface area contributed by atoms with Gasteiger partial charge in [0, 0.05) is 12.1 Å². The highest BCUT2D eigenvalue weighted by molar-refractivity contribution is 5.97. The molecule has 4 nitrogen and oxygen atoms in total. The predicted molar refractivity (Wildman–Crippen MR) is 112 cm³/mol. The van der Waals surface area contributed by atoms with Crippen molar-refractivity contribution in [2.24, 2.45) is 0 Å². The van der Waals surface area contributed by atoms with Crippen molar-refractivity contribution in [2.45, 2.75) is 13.1 Å². The van der Waals surface area contributed by atoms with Gasteiger partial charge in [0.05, 0.1) is 17.6 Å². The topological polar surface area (TPSA) is 50.8 Å².